The van der Waals surface area contributed by atoms with Gasteiger partial charge in [-0.1, -0.05) is 12.1 Å². The quantitative estimate of drug-likeness (QED) is 0.464. The van der Waals surface area contributed by atoms with E-state index in [0.717, 1.165) is 9.82 Å². The van der Waals surface area contributed by atoms with Gasteiger partial charge in [-0.2, -0.15) is 8.78 Å². The van der Waals surface area contributed by atoms with Crippen LogP contribution < -0.4 is 10.1 Å². The zero-order valence-electron chi connectivity index (χ0n) is 19.5. The molecule has 11 heteroatoms. The van der Waals surface area contributed by atoms with Crippen LogP contribution in [0, 0.1) is 0 Å². The Morgan fingerprint density at radius 2 is 1.94 bits per heavy atom. The van der Waals surface area contributed by atoms with Gasteiger partial charge in [0.15, 0.2) is 0 Å². The molecular weight excluding hydrogens is 466 g/mol. The first-order valence-electron chi connectivity index (χ1n) is 10.8. The molecule has 1 N–H and O–H groups in total. The first-order chi connectivity index (χ1) is 16.0. The average Bonchev–Trinajstić information content (AvgIpc) is 3.14. The molecule has 0 aliphatic carbocycles. The van der Waals surface area contributed by atoms with Crippen LogP contribution >= 0.6 is 0 Å². The number of amides is 1. The fourth-order valence-corrected chi connectivity index (χ4v) is 4.58. The number of ether oxygens (including phenoxy) is 1. The second-order valence-corrected chi connectivity index (χ2v) is 10.1. The number of benzene rings is 2. The van der Waals surface area contributed by atoms with Crippen LogP contribution in [0.3, 0.4) is 0 Å². The van der Waals surface area contributed by atoms with Crippen LogP contribution in [0.1, 0.15) is 37.7 Å². The predicted molar refractivity (Wildman–Crippen MR) is 124 cm³/mol. The fourth-order valence-electron chi connectivity index (χ4n) is 3.66. The maximum Gasteiger partial charge on any atom is 0.387 e. The molecule has 3 rings (SSSR count). The Morgan fingerprint density at radius 3 is 2.59 bits per heavy atom. The molecule has 1 unspecified atom stereocenters. The highest BCUT2D eigenvalue weighted by Gasteiger charge is 2.20. The van der Waals surface area contributed by atoms with Crippen molar-refractivity contribution in [2.24, 2.45) is 0 Å². The second kappa shape index (κ2) is 10.5. The number of carbonyl (C=O) groups is 1. The van der Waals surface area contributed by atoms with Gasteiger partial charge in [-0.05, 0) is 49.7 Å². The number of aryl methyl sites for hydroxylation is 2. The van der Waals surface area contributed by atoms with E-state index in [2.05, 4.69) is 15.0 Å². The number of alkyl halides is 2. The second-order valence-electron chi connectivity index (χ2n) is 7.95. The summed E-state index contributed by atoms with van der Waals surface area (Å²) in [6.07, 6.45) is 0.509. The smallest absolute Gasteiger partial charge is 0.387 e. The van der Waals surface area contributed by atoms with Gasteiger partial charge >= 0.3 is 6.61 Å². The minimum absolute atomic E-state index is 0.0286. The number of hydrogen-bond donors (Lipinski definition) is 1. The van der Waals surface area contributed by atoms with Crippen molar-refractivity contribution in [2.75, 3.05) is 14.1 Å². The molecule has 0 spiro atoms. The van der Waals surface area contributed by atoms with Gasteiger partial charge in [0.2, 0.25) is 15.9 Å². The van der Waals surface area contributed by atoms with E-state index in [1.165, 1.54) is 32.3 Å². The van der Waals surface area contributed by atoms with Crippen molar-refractivity contribution in [3.05, 3.63) is 53.9 Å². The highest BCUT2D eigenvalue weighted by atomic mass is 32.2. The highest BCUT2D eigenvalue weighted by Crippen LogP contribution is 2.23. The van der Waals surface area contributed by atoms with Gasteiger partial charge < -0.3 is 14.6 Å². The molecule has 0 bridgehead atoms. The zero-order valence-corrected chi connectivity index (χ0v) is 20.3. The lowest BCUT2D eigenvalue weighted by Gasteiger charge is -2.15. The zero-order chi connectivity index (χ0) is 25.0. The Kier molecular flexibility index (Phi) is 7.88. The van der Waals surface area contributed by atoms with Gasteiger partial charge in [-0.3, -0.25) is 4.79 Å². The summed E-state index contributed by atoms with van der Waals surface area (Å²) in [5, 5.41) is 2.86. The minimum atomic E-state index is -3.58. The molecule has 34 heavy (non-hydrogen) atoms. The third kappa shape index (κ3) is 5.71. The van der Waals surface area contributed by atoms with Gasteiger partial charge in [-0.25, -0.2) is 17.7 Å². The van der Waals surface area contributed by atoms with Crippen molar-refractivity contribution in [1.82, 2.24) is 19.2 Å². The van der Waals surface area contributed by atoms with E-state index in [-0.39, 0.29) is 23.0 Å². The molecule has 1 atom stereocenters. The Morgan fingerprint density at radius 1 is 1.21 bits per heavy atom. The first-order valence-corrected chi connectivity index (χ1v) is 12.2. The number of hydrogen-bond acceptors (Lipinski definition) is 5. The number of nitrogens with one attached hydrogen (secondary N) is 1. The normalized spacial score (nSPS) is 12.9. The van der Waals surface area contributed by atoms with Crippen LogP contribution in [0.4, 0.5) is 8.78 Å². The van der Waals surface area contributed by atoms with Crippen molar-refractivity contribution in [1.29, 1.82) is 0 Å². The number of rotatable bonds is 10. The maximum atomic E-state index is 12.6. The summed E-state index contributed by atoms with van der Waals surface area (Å²) in [5.74, 6) is 0.478. The minimum Gasteiger partial charge on any atom is -0.435 e. The van der Waals surface area contributed by atoms with E-state index >= 15 is 0 Å². The number of sulfonamides is 1. The number of imidazole rings is 1. The van der Waals surface area contributed by atoms with E-state index in [1.807, 2.05) is 11.5 Å². The third-order valence-corrected chi connectivity index (χ3v) is 7.24. The molecule has 1 aromatic heterocycles. The molecule has 0 fully saturated rings. The molecule has 184 valence electrons. The first kappa shape index (κ1) is 25.6. The average molecular weight is 495 g/mol. The summed E-state index contributed by atoms with van der Waals surface area (Å²) < 4.78 is 57.3. The van der Waals surface area contributed by atoms with Crippen LogP contribution in [-0.4, -0.2) is 48.9 Å². The van der Waals surface area contributed by atoms with E-state index in [0.29, 0.717) is 29.9 Å². The third-order valence-electron chi connectivity index (χ3n) is 5.43. The molecule has 1 heterocycles. The summed E-state index contributed by atoms with van der Waals surface area (Å²) in [6, 6.07) is 10.6. The number of carbonyl (C=O) groups excluding carboxylic acids is 1. The van der Waals surface area contributed by atoms with Crippen LogP contribution in [0.15, 0.2) is 47.4 Å². The van der Waals surface area contributed by atoms with Gasteiger partial charge in [-0.15, -0.1) is 0 Å². The Labute approximate surface area is 197 Å². The maximum absolute atomic E-state index is 12.6. The van der Waals surface area contributed by atoms with E-state index in [4.69, 9.17) is 0 Å². The van der Waals surface area contributed by atoms with Crippen LogP contribution in [-0.2, 0) is 27.8 Å². The molecular formula is C23H28F2N4O4S. The van der Waals surface area contributed by atoms with Crippen molar-refractivity contribution in [2.45, 2.75) is 50.8 Å². The van der Waals surface area contributed by atoms with Gasteiger partial charge in [0.1, 0.15) is 11.6 Å². The molecule has 0 radical (unpaired) electrons. The lowest BCUT2D eigenvalue weighted by atomic mass is 10.1. The summed E-state index contributed by atoms with van der Waals surface area (Å²) in [4.78, 5) is 17.3. The number of nitrogens with zero attached hydrogens (tertiary/aromatic N) is 3. The summed E-state index contributed by atoms with van der Waals surface area (Å²) in [6.45, 7) is 1.40. The van der Waals surface area contributed by atoms with Gasteiger partial charge in [0.05, 0.1) is 22.0 Å². The molecule has 8 nitrogen and oxygen atoms in total. The molecule has 0 aliphatic rings. The highest BCUT2D eigenvalue weighted by molar-refractivity contribution is 7.89. The number of aromatic nitrogens is 2. The molecule has 0 saturated carbocycles. The van der Waals surface area contributed by atoms with Crippen molar-refractivity contribution >= 4 is 27.0 Å². The van der Waals surface area contributed by atoms with Crippen LogP contribution in [0.2, 0.25) is 0 Å². The summed E-state index contributed by atoms with van der Waals surface area (Å²) in [7, 11) is -0.646. The SMILES string of the molecule is CCn1c(CCC(=O)NC(C)c2cccc(OC(F)F)c2)nc2cc(S(=O)(=O)N(C)C)ccc21. The van der Waals surface area contributed by atoms with Crippen molar-refractivity contribution in [3.8, 4) is 5.75 Å². The predicted octanol–water partition coefficient (Wildman–Crippen LogP) is 3.72. The molecule has 2 aromatic carbocycles. The Hall–Kier alpha value is -3.05. The monoisotopic (exact) mass is 494 g/mol. The number of fused-ring (bicyclic) bond motifs is 1. The van der Waals surface area contributed by atoms with Crippen LogP contribution in [0.5, 0.6) is 5.75 Å². The number of halogens is 2. The molecule has 3 aromatic rings. The van der Waals surface area contributed by atoms with Crippen LogP contribution in [0.25, 0.3) is 11.0 Å². The standard InChI is InChI=1S/C23H28F2N4O4S/c1-5-29-20-10-9-18(34(31,32)28(3)4)14-19(20)27-21(29)11-12-22(30)26-15(2)16-7-6-8-17(13-16)33-23(24)25/h6-10,13-15,23H,5,11-12H2,1-4H3,(H,26,30). The lowest BCUT2D eigenvalue weighted by molar-refractivity contribution is -0.121. The summed E-state index contributed by atoms with van der Waals surface area (Å²) >= 11 is 0. The van der Waals surface area contributed by atoms with Crippen molar-refractivity contribution < 1.29 is 26.7 Å². The van der Waals surface area contributed by atoms with E-state index in [1.54, 1.807) is 31.2 Å². The topological polar surface area (TPSA) is 93.5 Å². The van der Waals surface area contributed by atoms with E-state index < -0.39 is 22.7 Å². The summed E-state index contributed by atoms with van der Waals surface area (Å²) in [5.41, 5.74) is 1.98. The molecule has 0 saturated heterocycles. The lowest BCUT2D eigenvalue weighted by Crippen LogP contribution is -2.27. The molecule has 1 amide bonds. The Balaban J connectivity index is 1.71. The van der Waals surface area contributed by atoms with Gasteiger partial charge in [0, 0.05) is 33.5 Å². The van der Waals surface area contributed by atoms with E-state index in [9.17, 15) is 22.0 Å². The van der Waals surface area contributed by atoms with Crippen molar-refractivity contribution in [3.63, 3.8) is 0 Å². The van der Waals surface area contributed by atoms with Gasteiger partial charge in [0.25, 0.3) is 0 Å². The Bertz CT molecular complexity index is 1280. The largest absolute Gasteiger partial charge is 0.435 e. The fraction of sp³-hybridized carbons (Fsp3) is 0.391. The molecule has 0 aliphatic heterocycles.